The third kappa shape index (κ3) is 6.95. The normalized spacial score (nSPS) is 12.1. The van der Waals surface area contributed by atoms with E-state index < -0.39 is 11.8 Å². The van der Waals surface area contributed by atoms with Gasteiger partial charge in [-0.15, -0.1) is 0 Å². The van der Waals surface area contributed by atoms with Gasteiger partial charge in [-0.1, -0.05) is 42.0 Å². The van der Waals surface area contributed by atoms with E-state index in [9.17, 15) is 9.18 Å². The van der Waals surface area contributed by atoms with Crippen LogP contribution in [0.1, 0.15) is 33.5 Å². The molecule has 0 aromatic heterocycles. The number of benzene rings is 2. The van der Waals surface area contributed by atoms with Crippen LogP contribution in [0, 0.1) is 6.92 Å². The Kier molecular flexibility index (Phi) is 7.58. The molecule has 2 aromatic rings. The first-order chi connectivity index (χ1) is 13.0. The highest BCUT2D eigenvalue weighted by atomic mass is 19.1. The number of nitrogens with one attached hydrogen (secondary N) is 1. The molecule has 0 unspecified atom stereocenters. The summed E-state index contributed by atoms with van der Waals surface area (Å²) in [6.45, 7) is 2.23. The summed E-state index contributed by atoms with van der Waals surface area (Å²) in [5.74, 6) is -1.54. The van der Waals surface area contributed by atoms with E-state index in [-0.39, 0.29) is 12.2 Å². The minimum atomic E-state index is -0.981. The van der Waals surface area contributed by atoms with E-state index in [4.69, 9.17) is 15.7 Å². The molecule has 0 spiro atoms. The van der Waals surface area contributed by atoms with Crippen LogP contribution in [0.3, 0.4) is 0 Å². The van der Waals surface area contributed by atoms with Gasteiger partial charge >= 0.3 is 5.97 Å². The number of allylic oxidation sites excluding steroid dienone is 3. The number of aromatic carboxylic acids is 1. The number of carboxylic acid groups (broad SMARTS) is 1. The summed E-state index contributed by atoms with van der Waals surface area (Å²) in [6.07, 6.45) is 3.44. The van der Waals surface area contributed by atoms with Crippen molar-refractivity contribution in [2.75, 3.05) is 0 Å². The molecule has 2 aromatic carbocycles. The number of hydroxylamine groups is 1. The molecule has 4 N–H and O–H groups in total. The number of aryl methyl sites for hydroxylation is 2. The molecule has 0 amide bonds. The number of carbonyl (C=O) groups is 1. The Morgan fingerprint density at radius 3 is 2.37 bits per heavy atom. The minimum Gasteiger partial charge on any atom is -0.478 e. The van der Waals surface area contributed by atoms with E-state index in [2.05, 4.69) is 5.48 Å². The van der Waals surface area contributed by atoms with E-state index >= 15 is 0 Å². The molecule has 0 aliphatic heterocycles. The van der Waals surface area contributed by atoms with Crippen LogP contribution in [0.5, 0.6) is 0 Å². The van der Waals surface area contributed by atoms with Crippen LogP contribution in [-0.4, -0.2) is 11.1 Å². The van der Waals surface area contributed by atoms with Gasteiger partial charge in [-0.25, -0.2) is 9.18 Å². The lowest BCUT2D eigenvalue weighted by Gasteiger charge is -2.12. The van der Waals surface area contributed by atoms with Crippen molar-refractivity contribution in [1.29, 1.82) is 0 Å². The maximum Gasteiger partial charge on any atom is 0.335 e. The van der Waals surface area contributed by atoms with Gasteiger partial charge in [0.15, 0.2) is 0 Å². The van der Waals surface area contributed by atoms with Crippen molar-refractivity contribution in [1.82, 2.24) is 5.48 Å². The van der Waals surface area contributed by atoms with Gasteiger partial charge in [0, 0.05) is 11.9 Å². The zero-order chi connectivity index (χ0) is 19.6. The van der Waals surface area contributed by atoms with Crippen LogP contribution in [0.15, 0.2) is 72.3 Å². The summed E-state index contributed by atoms with van der Waals surface area (Å²) < 4.78 is 13.5. The lowest BCUT2D eigenvalue weighted by atomic mass is 10.1. The summed E-state index contributed by atoms with van der Waals surface area (Å²) in [5.41, 5.74) is 11.8. The predicted octanol–water partition coefficient (Wildman–Crippen LogP) is 4.00. The summed E-state index contributed by atoms with van der Waals surface area (Å²) in [4.78, 5) is 16.3. The van der Waals surface area contributed by atoms with Crippen LogP contribution < -0.4 is 11.2 Å². The van der Waals surface area contributed by atoms with Gasteiger partial charge < -0.3 is 10.8 Å². The number of hydrogen-bond acceptors (Lipinski definition) is 4. The highest BCUT2D eigenvalue weighted by Gasteiger charge is 2.04. The zero-order valence-electron chi connectivity index (χ0n) is 15.1. The SMILES string of the molecule is Cc1ccc(CC/C(=C\C(F)=C/N)NOCc2ccc(C(=O)O)cc2)cc1. The average molecular weight is 370 g/mol. The van der Waals surface area contributed by atoms with Gasteiger partial charge in [-0.3, -0.25) is 10.3 Å². The second-order valence-corrected chi connectivity index (χ2v) is 6.10. The van der Waals surface area contributed by atoms with Crippen LogP contribution in [0.2, 0.25) is 0 Å². The minimum absolute atomic E-state index is 0.204. The molecule has 0 aliphatic rings. The predicted molar refractivity (Wildman–Crippen MR) is 102 cm³/mol. The number of rotatable bonds is 9. The quantitative estimate of drug-likeness (QED) is 0.459. The first-order valence-corrected chi connectivity index (χ1v) is 8.51. The van der Waals surface area contributed by atoms with E-state index in [1.54, 1.807) is 12.1 Å². The smallest absolute Gasteiger partial charge is 0.335 e. The molecule has 0 aliphatic carbocycles. The molecular weight excluding hydrogens is 347 g/mol. The lowest BCUT2D eigenvalue weighted by Crippen LogP contribution is -2.15. The maximum absolute atomic E-state index is 13.5. The fourth-order valence-electron chi connectivity index (χ4n) is 2.36. The van der Waals surface area contributed by atoms with Gasteiger partial charge in [0.05, 0.1) is 12.2 Å². The van der Waals surface area contributed by atoms with Crippen molar-refractivity contribution in [3.05, 3.63) is 94.6 Å². The first-order valence-electron chi connectivity index (χ1n) is 8.51. The van der Waals surface area contributed by atoms with Gasteiger partial charge in [-0.2, -0.15) is 0 Å². The van der Waals surface area contributed by atoms with Gasteiger partial charge in [-0.05, 0) is 49.1 Å². The second-order valence-electron chi connectivity index (χ2n) is 6.10. The fourth-order valence-corrected chi connectivity index (χ4v) is 2.36. The molecule has 6 heteroatoms. The molecular formula is C21H23FN2O3. The first kappa shape index (κ1) is 20.2. The van der Waals surface area contributed by atoms with E-state index in [0.717, 1.165) is 17.3 Å². The lowest BCUT2D eigenvalue weighted by molar-refractivity contribution is 0.0468. The highest BCUT2D eigenvalue weighted by molar-refractivity contribution is 5.87. The Morgan fingerprint density at radius 1 is 1.15 bits per heavy atom. The van der Waals surface area contributed by atoms with Crippen molar-refractivity contribution >= 4 is 5.97 Å². The monoisotopic (exact) mass is 370 g/mol. The zero-order valence-corrected chi connectivity index (χ0v) is 15.1. The Bertz CT molecular complexity index is 812. The van der Waals surface area contributed by atoms with Crippen molar-refractivity contribution in [3.8, 4) is 0 Å². The van der Waals surface area contributed by atoms with Crippen molar-refractivity contribution < 1.29 is 19.1 Å². The average Bonchev–Trinajstić information content (AvgIpc) is 2.67. The molecule has 0 saturated carbocycles. The van der Waals surface area contributed by atoms with Crippen molar-refractivity contribution in [2.45, 2.75) is 26.4 Å². The fraction of sp³-hybridized carbons (Fsp3) is 0.190. The Balaban J connectivity index is 1.92. The largest absolute Gasteiger partial charge is 0.478 e. The Morgan fingerprint density at radius 2 is 1.78 bits per heavy atom. The van der Waals surface area contributed by atoms with Crippen molar-refractivity contribution in [3.63, 3.8) is 0 Å². The second kappa shape index (κ2) is 10.1. The number of halogens is 1. The van der Waals surface area contributed by atoms with E-state index in [1.807, 2.05) is 31.2 Å². The third-order valence-corrected chi connectivity index (χ3v) is 3.92. The molecule has 27 heavy (non-hydrogen) atoms. The van der Waals surface area contributed by atoms with Gasteiger partial charge in [0.1, 0.15) is 5.83 Å². The number of carboxylic acids is 1. The third-order valence-electron chi connectivity index (χ3n) is 3.92. The number of nitrogens with two attached hydrogens (primary N) is 1. The molecule has 5 nitrogen and oxygen atoms in total. The molecule has 0 heterocycles. The van der Waals surface area contributed by atoms with Crippen LogP contribution in [0.25, 0.3) is 0 Å². The topological polar surface area (TPSA) is 84.6 Å². The molecule has 0 saturated heterocycles. The van der Waals surface area contributed by atoms with Crippen molar-refractivity contribution in [2.24, 2.45) is 5.73 Å². The Labute approximate surface area is 157 Å². The Hall–Kier alpha value is -3.12. The maximum atomic E-state index is 13.5. The molecule has 0 bridgehead atoms. The van der Waals surface area contributed by atoms with E-state index in [0.29, 0.717) is 18.5 Å². The number of hydrogen-bond donors (Lipinski definition) is 3. The molecule has 2 rings (SSSR count). The van der Waals surface area contributed by atoms with Crippen LogP contribution in [0.4, 0.5) is 4.39 Å². The van der Waals surface area contributed by atoms with Gasteiger partial charge in [0.25, 0.3) is 0 Å². The highest BCUT2D eigenvalue weighted by Crippen LogP contribution is 2.12. The summed E-state index contributed by atoms with van der Waals surface area (Å²) in [6, 6.07) is 14.5. The summed E-state index contributed by atoms with van der Waals surface area (Å²) in [5, 5.41) is 8.90. The van der Waals surface area contributed by atoms with Crippen LogP contribution in [-0.2, 0) is 17.9 Å². The summed E-state index contributed by atoms with van der Waals surface area (Å²) >= 11 is 0. The van der Waals surface area contributed by atoms with E-state index in [1.165, 1.54) is 23.8 Å². The van der Waals surface area contributed by atoms with Gasteiger partial charge in [0.2, 0.25) is 0 Å². The molecule has 0 radical (unpaired) electrons. The summed E-state index contributed by atoms with van der Waals surface area (Å²) in [7, 11) is 0. The standard InChI is InChI=1S/C21H23FN2O3/c1-15-2-4-16(5-3-15)8-11-20(12-19(22)13-23)24-27-14-17-6-9-18(10-7-17)21(25)26/h2-7,9-10,12-13,24H,8,11,14,23H2,1H3,(H,25,26)/b19-13+,20-12+. The molecule has 0 fully saturated rings. The molecule has 142 valence electrons. The molecule has 0 atom stereocenters. The van der Waals surface area contributed by atoms with Crippen LogP contribution >= 0.6 is 0 Å².